The van der Waals surface area contributed by atoms with Crippen LogP contribution in [0.2, 0.25) is 0 Å². The van der Waals surface area contributed by atoms with Crippen LogP contribution < -0.4 is 10.5 Å². The normalized spacial score (nSPS) is 12.6. The van der Waals surface area contributed by atoms with E-state index in [1.807, 2.05) is 0 Å². The minimum Gasteiger partial charge on any atom is -0.490 e. The van der Waals surface area contributed by atoms with Gasteiger partial charge in [0.1, 0.15) is 23.9 Å². The standard InChI is InChI=1S/C15H11F7N2O.2ClH/c16-11-3-1-8(5-10(11)14(17,18)19)12(23)7-25-9-2-4-13(24-6-9)15(20,21)22;;/h1-6,12H,7,23H2;2*1H/t12-;;/m0../s1. The van der Waals surface area contributed by atoms with Crippen molar-refractivity contribution < 1.29 is 35.5 Å². The monoisotopic (exact) mass is 440 g/mol. The molecule has 0 saturated heterocycles. The molecule has 0 aliphatic heterocycles. The number of nitrogens with zero attached hydrogens (tertiary/aromatic N) is 1. The van der Waals surface area contributed by atoms with Crippen LogP contribution in [0, 0.1) is 5.82 Å². The van der Waals surface area contributed by atoms with Gasteiger partial charge in [-0.15, -0.1) is 24.8 Å². The molecule has 3 nitrogen and oxygen atoms in total. The zero-order valence-electron chi connectivity index (χ0n) is 13.1. The van der Waals surface area contributed by atoms with Crippen molar-refractivity contribution in [2.24, 2.45) is 5.73 Å². The Hall–Kier alpha value is -1.78. The van der Waals surface area contributed by atoms with Crippen LogP contribution in [-0.2, 0) is 12.4 Å². The Morgan fingerprint density at radius 2 is 1.59 bits per heavy atom. The summed E-state index contributed by atoms with van der Waals surface area (Å²) in [5.74, 6) is -1.47. The Balaban J connectivity index is 0.00000338. The summed E-state index contributed by atoms with van der Waals surface area (Å²) < 4.78 is 93.5. The summed E-state index contributed by atoms with van der Waals surface area (Å²) in [6, 6.07) is 2.92. The van der Waals surface area contributed by atoms with Crippen molar-refractivity contribution in [3.63, 3.8) is 0 Å². The minimum absolute atomic E-state index is 0. The van der Waals surface area contributed by atoms with Crippen LogP contribution in [0.25, 0.3) is 0 Å². The lowest BCUT2D eigenvalue weighted by Gasteiger charge is -2.16. The van der Waals surface area contributed by atoms with E-state index in [0.717, 1.165) is 18.3 Å². The number of benzene rings is 1. The third-order valence-electron chi connectivity index (χ3n) is 3.18. The number of nitrogens with two attached hydrogens (primary N) is 1. The van der Waals surface area contributed by atoms with E-state index in [4.69, 9.17) is 10.5 Å². The first-order chi connectivity index (χ1) is 11.5. The van der Waals surface area contributed by atoms with Gasteiger partial charge in [0.25, 0.3) is 0 Å². The van der Waals surface area contributed by atoms with E-state index < -0.39 is 35.5 Å². The maximum Gasteiger partial charge on any atom is 0.433 e. The topological polar surface area (TPSA) is 48.1 Å². The Bertz CT molecular complexity index is 736. The van der Waals surface area contributed by atoms with E-state index in [-0.39, 0.29) is 42.7 Å². The van der Waals surface area contributed by atoms with Crippen molar-refractivity contribution in [1.29, 1.82) is 0 Å². The summed E-state index contributed by atoms with van der Waals surface area (Å²) >= 11 is 0. The molecule has 0 radical (unpaired) electrons. The van der Waals surface area contributed by atoms with Crippen LogP contribution in [-0.4, -0.2) is 11.6 Å². The van der Waals surface area contributed by atoms with Crippen molar-refractivity contribution in [3.8, 4) is 5.75 Å². The molecule has 0 aliphatic carbocycles. The van der Waals surface area contributed by atoms with Gasteiger partial charge in [-0.05, 0) is 29.8 Å². The molecule has 0 amide bonds. The summed E-state index contributed by atoms with van der Waals surface area (Å²) in [5.41, 5.74) is 3.08. The van der Waals surface area contributed by atoms with E-state index in [2.05, 4.69) is 4.98 Å². The highest BCUT2D eigenvalue weighted by molar-refractivity contribution is 5.85. The molecular weight excluding hydrogens is 428 g/mol. The SMILES string of the molecule is Cl.Cl.N[C@@H](COc1ccc(C(F)(F)F)nc1)c1ccc(F)c(C(F)(F)F)c1. The van der Waals surface area contributed by atoms with Crippen molar-refractivity contribution >= 4 is 24.8 Å². The summed E-state index contributed by atoms with van der Waals surface area (Å²) in [7, 11) is 0. The largest absolute Gasteiger partial charge is 0.490 e. The number of hydrogen-bond acceptors (Lipinski definition) is 3. The van der Waals surface area contributed by atoms with Gasteiger partial charge in [0.05, 0.1) is 17.8 Å². The maximum absolute atomic E-state index is 13.2. The lowest BCUT2D eigenvalue weighted by atomic mass is 10.0. The van der Waals surface area contributed by atoms with E-state index >= 15 is 0 Å². The average Bonchev–Trinajstić information content (AvgIpc) is 2.51. The third-order valence-corrected chi connectivity index (χ3v) is 3.18. The second-order valence-electron chi connectivity index (χ2n) is 5.03. The zero-order valence-corrected chi connectivity index (χ0v) is 14.8. The molecular formula is C15H13Cl2F7N2O. The molecule has 27 heavy (non-hydrogen) atoms. The molecule has 0 unspecified atom stereocenters. The van der Waals surface area contributed by atoms with Gasteiger partial charge >= 0.3 is 12.4 Å². The summed E-state index contributed by atoms with van der Waals surface area (Å²) in [4.78, 5) is 3.17. The first-order valence-corrected chi connectivity index (χ1v) is 6.77. The number of hydrogen-bond donors (Lipinski definition) is 1. The quantitative estimate of drug-likeness (QED) is 0.666. The molecule has 1 aromatic carbocycles. The van der Waals surface area contributed by atoms with Gasteiger partial charge in [-0.25, -0.2) is 9.37 Å². The molecule has 2 aromatic rings. The molecule has 1 heterocycles. The fraction of sp³-hybridized carbons (Fsp3) is 0.267. The highest BCUT2D eigenvalue weighted by Gasteiger charge is 2.34. The first kappa shape index (κ1) is 25.2. The molecule has 0 aliphatic rings. The van der Waals surface area contributed by atoms with Gasteiger partial charge in [-0.3, -0.25) is 0 Å². The molecule has 2 rings (SSSR count). The number of pyridine rings is 1. The molecule has 1 atom stereocenters. The maximum atomic E-state index is 13.2. The van der Waals surface area contributed by atoms with Gasteiger partial charge in [0.2, 0.25) is 0 Å². The molecule has 1 aromatic heterocycles. The van der Waals surface area contributed by atoms with Crippen molar-refractivity contribution in [1.82, 2.24) is 4.98 Å². The second-order valence-corrected chi connectivity index (χ2v) is 5.03. The smallest absolute Gasteiger partial charge is 0.433 e. The predicted octanol–water partition coefficient (Wildman–Crippen LogP) is 5.18. The van der Waals surface area contributed by atoms with Crippen LogP contribution in [0.5, 0.6) is 5.75 Å². The average molecular weight is 441 g/mol. The van der Waals surface area contributed by atoms with E-state index in [1.54, 1.807) is 0 Å². The second kappa shape index (κ2) is 9.43. The molecule has 12 heteroatoms. The third kappa shape index (κ3) is 6.71. The van der Waals surface area contributed by atoms with E-state index in [1.165, 1.54) is 0 Å². The summed E-state index contributed by atoms with van der Waals surface area (Å²) in [6.45, 7) is -0.337. The minimum atomic E-state index is -4.88. The zero-order chi connectivity index (χ0) is 18.8. The highest BCUT2D eigenvalue weighted by Crippen LogP contribution is 2.33. The van der Waals surface area contributed by atoms with Crippen LogP contribution in [0.4, 0.5) is 30.7 Å². The summed E-state index contributed by atoms with van der Waals surface area (Å²) in [6.07, 6.45) is -8.66. The number of rotatable bonds is 4. The van der Waals surface area contributed by atoms with E-state index in [9.17, 15) is 30.7 Å². The molecule has 152 valence electrons. The highest BCUT2D eigenvalue weighted by atomic mass is 35.5. The van der Waals surface area contributed by atoms with Crippen molar-refractivity contribution in [2.45, 2.75) is 18.4 Å². The Kier molecular flexibility index (Phi) is 8.80. The number of halogens is 9. The molecule has 2 N–H and O–H groups in total. The van der Waals surface area contributed by atoms with Crippen LogP contribution in [0.3, 0.4) is 0 Å². The number of ether oxygens (including phenoxy) is 1. The van der Waals surface area contributed by atoms with Crippen LogP contribution in [0.15, 0.2) is 36.5 Å². The number of aromatic nitrogens is 1. The predicted molar refractivity (Wildman–Crippen MR) is 87.6 cm³/mol. The first-order valence-electron chi connectivity index (χ1n) is 6.77. The van der Waals surface area contributed by atoms with Gasteiger partial charge in [-0.2, -0.15) is 26.3 Å². The fourth-order valence-electron chi connectivity index (χ4n) is 1.91. The lowest BCUT2D eigenvalue weighted by Crippen LogP contribution is -2.20. The van der Waals surface area contributed by atoms with Gasteiger partial charge in [-0.1, -0.05) is 6.07 Å². The fourth-order valence-corrected chi connectivity index (χ4v) is 1.91. The molecule has 0 saturated carbocycles. The number of alkyl halides is 6. The summed E-state index contributed by atoms with van der Waals surface area (Å²) in [5, 5.41) is 0. The molecule has 0 bridgehead atoms. The van der Waals surface area contributed by atoms with Gasteiger partial charge in [0.15, 0.2) is 0 Å². The Labute approximate surface area is 161 Å². The van der Waals surface area contributed by atoms with Crippen LogP contribution in [0.1, 0.15) is 22.9 Å². The van der Waals surface area contributed by atoms with E-state index in [0.29, 0.717) is 18.2 Å². The van der Waals surface area contributed by atoms with Crippen molar-refractivity contribution in [2.75, 3.05) is 6.61 Å². The van der Waals surface area contributed by atoms with Gasteiger partial charge in [0, 0.05) is 0 Å². The van der Waals surface area contributed by atoms with Crippen LogP contribution >= 0.6 is 24.8 Å². The van der Waals surface area contributed by atoms with Gasteiger partial charge < -0.3 is 10.5 Å². The lowest BCUT2D eigenvalue weighted by molar-refractivity contribution is -0.141. The molecule has 0 fully saturated rings. The van der Waals surface area contributed by atoms with Crippen molar-refractivity contribution in [3.05, 3.63) is 59.2 Å². The Morgan fingerprint density at radius 1 is 0.963 bits per heavy atom. The Morgan fingerprint density at radius 3 is 2.07 bits per heavy atom. The molecule has 0 spiro atoms.